The molecule has 0 aromatic rings. The van der Waals surface area contributed by atoms with E-state index >= 15 is 0 Å². The van der Waals surface area contributed by atoms with Gasteiger partial charge in [-0.1, -0.05) is 13.8 Å². The highest BCUT2D eigenvalue weighted by molar-refractivity contribution is 5.88. The number of hydrogen-bond donors (Lipinski definition) is 2. The summed E-state index contributed by atoms with van der Waals surface area (Å²) >= 11 is 0. The van der Waals surface area contributed by atoms with Crippen molar-refractivity contribution in [2.24, 2.45) is 17.6 Å². The number of carbonyl (C=O) groups is 2. The van der Waals surface area contributed by atoms with Crippen molar-refractivity contribution in [2.45, 2.75) is 33.2 Å². The van der Waals surface area contributed by atoms with Crippen LogP contribution in [0.2, 0.25) is 0 Å². The Kier molecular flexibility index (Phi) is 6.80. The molecule has 0 aromatic carbocycles. The lowest BCUT2D eigenvalue weighted by Crippen LogP contribution is -2.47. The fraction of sp³-hybridized carbons (Fsp3) is 0.833. The summed E-state index contributed by atoms with van der Waals surface area (Å²) in [7, 11) is 3.33. The molecule has 0 rings (SSSR count). The molecule has 2 amide bonds. The molecule has 0 aromatic heterocycles. The third-order valence-corrected chi connectivity index (χ3v) is 2.58. The lowest BCUT2D eigenvalue weighted by molar-refractivity contribution is -0.135. The van der Waals surface area contributed by atoms with Gasteiger partial charge in [-0.15, -0.1) is 0 Å². The molecule has 2 unspecified atom stereocenters. The topological polar surface area (TPSA) is 75.4 Å². The molecule has 100 valence electrons. The molecular weight excluding hydrogens is 218 g/mol. The van der Waals surface area contributed by atoms with E-state index in [2.05, 4.69) is 5.32 Å². The van der Waals surface area contributed by atoms with E-state index in [-0.39, 0.29) is 17.7 Å². The highest BCUT2D eigenvalue weighted by atomic mass is 16.2. The first-order valence-corrected chi connectivity index (χ1v) is 6.01. The maximum Gasteiger partial charge on any atom is 0.244 e. The van der Waals surface area contributed by atoms with Crippen LogP contribution in [-0.2, 0) is 9.59 Å². The molecule has 3 N–H and O–H groups in total. The minimum absolute atomic E-state index is 0.112. The second-order valence-electron chi connectivity index (χ2n) is 5.03. The number of hydrogen-bond acceptors (Lipinski definition) is 3. The molecule has 0 saturated heterocycles. The summed E-state index contributed by atoms with van der Waals surface area (Å²) in [6.45, 7) is 6.09. The number of likely N-dealkylation sites (N-methyl/N-ethyl adjacent to an activating group) is 1. The largest absolute Gasteiger partial charge is 0.347 e. The molecule has 0 spiro atoms. The summed E-state index contributed by atoms with van der Waals surface area (Å²) in [4.78, 5) is 24.9. The van der Waals surface area contributed by atoms with E-state index in [4.69, 9.17) is 5.73 Å². The third-order valence-electron chi connectivity index (χ3n) is 2.58. The molecule has 0 radical (unpaired) electrons. The van der Waals surface area contributed by atoms with Gasteiger partial charge in [-0.05, 0) is 19.3 Å². The molecular formula is C12H25N3O2. The predicted molar refractivity (Wildman–Crippen MR) is 68.3 cm³/mol. The fourth-order valence-electron chi connectivity index (χ4n) is 1.66. The molecule has 0 aliphatic heterocycles. The number of nitrogens with zero attached hydrogens (tertiary/aromatic N) is 1. The van der Waals surface area contributed by atoms with Crippen LogP contribution in [0.4, 0.5) is 0 Å². The Labute approximate surface area is 104 Å². The van der Waals surface area contributed by atoms with Gasteiger partial charge in [0.05, 0.1) is 5.92 Å². The molecule has 0 aliphatic rings. The van der Waals surface area contributed by atoms with E-state index in [1.807, 2.05) is 13.8 Å². The van der Waals surface area contributed by atoms with Crippen molar-refractivity contribution in [2.75, 3.05) is 20.6 Å². The molecule has 0 aliphatic carbocycles. The van der Waals surface area contributed by atoms with Crippen molar-refractivity contribution >= 4 is 11.8 Å². The highest BCUT2D eigenvalue weighted by Gasteiger charge is 2.23. The summed E-state index contributed by atoms with van der Waals surface area (Å²) < 4.78 is 0. The molecule has 2 atom stereocenters. The number of nitrogens with two attached hydrogens (primary N) is 1. The van der Waals surface area contributed by atoms with Gasteiger partial charge >= 0.3 is 0 Å². The Morgan fingerprint density at radius 3 is 2.12 bits per heavy atom. The van der Waals surface area contributed by atoms with Crippen molar-refractivity contribution in [1.29, 1.82) is 0 Å². The molecule has 17 heavy (non-hydrogen) atoms. The average molecular weight is 243 g/mol. The van der Waals surface area contributed by atoms with Gasteiger partial charge in [0.2, 0.25) is 11.8 Å². The predicted octanol–water partition coefficient (Wildman–Crippen LogP) is 0.200. The summed E-state index contributed by atoms with van der Waals surface area (Å²) in [5.74, 6) is -0.0517. The number of rotatable bonds is 6. The van der Waals surface area contributed by atoms with Crippen LogP contribution in [0.25, 0.3) is 0 Å². The van der Waals surface area contributed by atoms with Gasteiger partial charge in [-0.25, -0.2) is 0 Å². The van der Waals surface area contributed by atoms with Crippen molar-refractivity contribution in [3.8, 4) is 0 Å². The van der Waals surface area contributed by atoms with E-state index in [9.17, 15) is 9.59 Å². The Morgan fingerprint density at radius 1 is 1.24 bits per heavy atom. The van der Waals surface area contributed by atoms with E-state index < -0.39 is 6.04 Å². The first-order chi connectivity index (χ1) is 7.79. The van der Waals surface area contributed by atoms with Crippen LogP contribution in [0.5, 0.6) is 0 Å². The molecule has 0 bridgehead atoms. The second-order valence-corrected chi connectivity index (χ2v) is 5.03. The van der Waals surface area contributed by atoms with Crippen LogP contribution in [0.15, 0.2) is 0 Å². The van der Waals surface area contributed by atoms with Crippen LogP contribution < -0.4 is 11.1 Å². The molecule has 0 fully saturated rings. The van der Waals surface area contributed by atoms with Gasteiger partial charge in [-0.2, -0.15) is 0 Å². The Balaban J connectivity index is 4.36. The van der Waals surface area contributed by atoms with E-state index in [0.29, 0.717) is 12.5 Å². The minimum Gasteiger partial charge on any atom is -0.347 e. The fourth-order valence-corrected chi connectivity index (χ4v) is 1.66. The number of nitrogens with one attached hydrogen (secondary N) is 1. The van der Waals surface area contributed by atoms with Gasteiger partial charge in [0.25, 0.3) is 0 Å². The van der Waals surface area contributed by atoms with Crippen LogP contribution in [0, 0.1) is 11.8 Å². The van der Waals surface area contributed by atoms with E-state index in [1.165, 1.54) is 4.90 Å². The maximum atomic E-state index is 11.9. The van der Waals surface area contributed by atoms with Gasteiger partial charge in [0, 0.05) is 20.6 Å². The maximum absolute atomic E-state index is 11.9. The number of carbonyl (C=O) groups excluding carboxylic acids is 2. The summed E-state index contributed by atoms with van der Waals surface area (Å²) in [6.07, 6.45) is 0.741. The monoisotopic (exact) mass is 243 g/mol. The Morgan fingerprint density at radius 2 is 1.76 bits per heavy atom. The number of amides is 2. The third kappa shape index (κ3) is 5.68. The quantitative estimate of drug-likeness (QED) is 0.700. The van der Waals surface area contributed by atoms with Gasteiger partial charge < -0.3 is 16.0 Å². The van der Waals surface area contributed by atoms with Crippen LogP contribution in [0.1, 0.15) is 27.2 Å². The second kappa shape index (κ2) is 7.27. The molecule has 0 saturated carbocycles. The summed E-state index contributed by atoms with van der Waals surface area (Å²) in [6, 6.07) is -0.501. The molecule has 0 heterocycles. The zero-order valence-corrected chi connectivity index (χ0v) is 11.5. The van der Waals surface area contributed by atoms with Crippen LogP contribution in [0.3, 0.4) is 0 Å². The smallest absolute Gasteiger partial charge is 0.244 e. The molecule has 5 heteroatoms. The van der Waals surface area contributed by atoms with E-state index in [0.717, 1.165) is 6.42 Å². The normalized spacial score (nSPS) is 14.3. The zero-order valence-electron chi connectivity index (χ0n) is 11.5. The van der Waals surface area contributed by atoms with Crippen molar-refractivity contribution in [3.05, 3.63) is 0 Å². The Hall–Kier alpha value is -1.10. The van der Waals surface area contributed by atoms with Gasteiger partial charge in [0.1, 0.15) is 6.04 Å². The van der Waals surface area contributed by atoms with Crippen LogP contribution >= 0.6 is 0 Å². The van der Waals surface area contributed by atoms with Gasteiger partial charge in [-0.3, -0.25) is 9.59 Å². The lowest BCUT2D eigenvalue weighted by atomic mass is 9.96. The van der Waals surface area contributed by atoms with Crippen molar-refractivity contribution < 1.29 is 9.59 Å². The van der Waals surface area contributed by atoms with Gasteiger partial charge in [0.15, 0.2) is 0 Å². The Bertz CT molecular complexity index is 264. The van der Waals surface area contributed by atoms with Crippen molar-refractivity contribution in [1.82, 2.24) is 10.2 Å². The van der Waals surface area contributed by atoms with E-state index in [1.54, 1.807) is 21.0 Å². The average Bonchev–Trinajstić information content (AvgIpc) is 2.23. The zero-order chi connectivity index (χ0) is 13.6. The first kappa shape index (κ1) is 15.9. The first-order valence-electron chi connectivity index (χ1n) is 6.01. The standard InChI is InChI=1S/C12H25N3O2/c1-8(2)6-10(7-13)11(16)14-9(3)12(17)15(4)5/h8-10H,6-7,13H2,1-5H3,(H,14,16). The highest BCUT2D eigenvalue weighted by Crippen LogP contribution is 2.10. The van der Waals surface area contributed by atoms with Crippen molar-refractivity contribution in [3.63, 3.8) is 0 Å². The van der Waals surface area contributed by atoms with Crippen LogP contribution in [-0.4, -0.2) is 43.4 Å². The summed E-state index contributed by atoms with van der Waals surface area (Å²) in [5, 5.41) is 2.71. The lowest BCUT2D eigenvalue weighted by Gasteiger charge is -2.22. The SMILES string of the molecule is CC(C)CC(CN)C(=O)NC(C)C(=O)N(C)C. The minimum atomic E-state index is -0.501. The summed E-state index contributed by atoms with van der Waals surface area (Å²) in [5.41, 5.74) is 5.58. The molecule has 5 nitrogen and oxygen atoms in total.